The molecule has 462 valence electrons. The fourth-order valence-electron chi connectivity index (χ4n) is 14.8. The average Bonchev–Trinajstić information content (AvgIpc) is 1.34. The Morgan fingerprint density at radius 2 is 0.327 bits per heavy atom. The molecule has 0 radical (unpaired) electrons. The van der Waals surface area contributed by atoms with Crippen molar-refractivity contribution in [1.82, 2.24) is 9.13 Å². The second-order valence-corrected chi connectivity index (χ2v) is 24.8. The lowest BCUT2D eigenvalue weighted by Crippen LogP contribution is -2.13. The van der Waals surface area contributed by atoms with Crippen LogP contribution in [0.15, 0.2) is 388 Å². The van der Waals surface area contributed by atoms with Crippen molar-refractivity contribution in [3.05, 3.63) is 388 Å². The van der Waals surface area contributed by atoms with Crippen LogP contribution in [0.5, 0.6) is 0 Å². The van der Waals surface area contributed by atoms with Gasteiger partial charge in [-0.1, -0.05) is 218 Å². The first-order valence-corrected chi connectivity index (χ1v) is 33.5. The van der Waals surface area contributed by atoms with E-state index in [9.17, 15) is 0 Å². The Hall–Kier alpha value is -13.2. The number of hydrogen-bond donors (Lipinski definition) is 0. The molecule has 0 fully saturated rings. The van der Waals surface area contributed by atoms with Crippen molar-refractivity contribution >= 4 is 133 Å². The Morgan fingerprint density at radius 1 is 0.143 bits per heavy atom. The smallest absolute Gasteiger partial charge is 0.0541 e. The summed E-state index contributed by atoms with van der Waals surface area (Å²) < 4.78 is 4.76. The van der Waals surface area contributed by atoms with E-state index in [1.807, 2.05) is 0 Å². The summed E-state index contributed by atoms with van der Waals surface area (Å²) in [7, 11) is 0. The fraction of sp³-hybridized carbons (Fsp3) is 0. The van der Waals surface area contributed by atoms with E-state index in [0.717, 1.165) is 112 Å². The Bertz CT molecular complexity index is 5440. The van der Waals surface area contributed by atoms with Crippen LogP contribution in [0, 0.1) is 0 Å². The third-order valence-corrected chi connectivity index (χ3v) is 19.3. The molecule has 6 heteroatoms. The van der Waals surface area contributed by atoms with Gasteiger partial charge in [-0.2, -0.15) is 0 Å². The molecular weight excluding hydrogens is 1190 g/mol. The van der Waals surface area contributed by atoms with Gasteiger partial charge in [0.15, 0.2) is 0 Å². The molecule has 18 rings (SSSR count). The summed E-state index contributed by atoms with van der Waals surface area (Å²) in [6.45, 7) is 0. The van der Waals surface area contributed by atoms with Crippen molar-refractivity contribution in [3.63, 3.8) is 0 Å². The molecule has 0 aliphatic carbocycles. The minimum absolute atomic E-state index is 1.06. The Labute approximate surface area is 569 Å². The number of rotatable bonds is 15. The van der Waals surface area contributed by atoms with Crippen LogP contribution in [0.4, 0.5) is 68.2 Å². The van der Waals surface area contributed by atoms with Crippen LogP contribution in [-0.4, -0.2) is 9.13 Å². The van der Waals surface area contributed by atoms with Gasteiger partial charge in [0, 0.05) is 100.0 Å². The second kappa shape index (κ2) is 24.6. The average molecular weight is 1250 g/mol. The monoisotopic (exact) mass is 1250 g/mol. The van der Waals surface area contributed by atoms with Gasteiger partial charge < -0.3 is 28.7 Å². The highest BCUT2D eigenvalue weighted by Crippen LogP contribution is 2.49. The predicted molar refractivity (Wildman–Crippen MR) is 414 cm³/mol. The van der Waals surface area contributed by atoms with Gasteiger partial charge >= 0.3 is 0 Å². The molecule has 98 heavy (non-hydrogen) atoms. The highest BCUT2D eigenvalue weighted by molar-refractivity contribution is 6.12. The molecule has 0 saturated heterocycles. The van der Waals surface area contributed by atoms with Gasteiger partial charge in [0.05, 0.1) is 44.8 Å². The molecule has 18 aromatic rings. The molecule has 6 nitrogen and oxygen atoms in total. The standard InChI is InChI=1S/C92H64N6/c1-5-25-67(26-6-1)93(89-61-63-91(83-35-15-13-33-81(83)89)95(69-29-9-3-10-30-69)73-53-57-75(58-54-73)97-85-41-21-17-37-77(85)78-38-18-22-42-86(78)97)71-49-45-65(46-50-71)66-47-51-72(52-48-66)94(68-27-7-2-8-28-68)90-62-64-92(84-36-16-14-34-82(84)90)96(70-31-11-4-12-32-70)74-55-59-76(60-56-74)98-87-43-23-19-39-79(87)80-40-20-24-44-88(80)98/h1-64H. The summed E-state index contributed by atoms with van der Waals surface area (Å²) in [5, 5.41) is 9.54. The molecule has 0 atom stereocenters. The number of benzene rings is 16. The molecule has 0 amide bonds. The van der Waals surface area contributed by atoms with Crippen LogP contribution in [0.3, 0.4) is 0 Å². The number of anilines is 12. The molecule has 0 spiro atoms. The van der Waals surface area contributed by atoms with Crippen LogP contribution in [0.25, 0.3) is 87.7 Å². The summed E-state index contributed by atoms with van der Waals surface area (Å²) in [5.74, 6) is 0. The van der Waals surface area contributed by atoms with Gasteiger partial charge in [-0.25, -0.2) is 0 Å². The van der Waals surface area contributed by atoms with E-state index in [1.54, 1.807) is 0 Å². The molecule has 16 aromatic carbocycles. The SMILES string of the molecule is c1ccc(N(c2ccc(-c3ccc(N(c4ccccc4)c4ccc(N(c5ccccc5)c5ccc(-n6c7ccccc7c7ccccc76)cc5)c5ccccc45)cc3)cc2)c2ccc(N(c3ccccc3)c3ccc(-n4c5ccccc5c5ccccc54)cc3)c3ccccc23)cc1. The second-order valence-electron chi connectivity index (χ2n) is 24.8. The van der Waals surface area contributed by atoms with Crippen molar-refractivity contribution in [1.29, 1.82) is 0 Å². The lowest BCUT2D eigenvalue weighted by atomic mass is 10.0. The molecule has 0 bridgehead atoms. The summed E-state index contributed by atoms with van der Waals surface area (Å²) >= 11 is 0. The summed E-state index contributed by atoms with van der Waals surface area (Å²) in [6, 6.07) is 141. The zero-order chi connectivity index (χ0) is 64.9. The fourth-order valence-corrected chi connectivity index (χ4v) is 14.8. The lowest BCUT2D eigenvalue weighted by Gasteiger charge is -2.31. The van der Waals surface area contributed by atoms with E-state index in [0.29, 0.717) is 0 Å². The quantitative estimate of drug-likeness (QED) is 0.102. The van der Waals surface area contributed by atoms with Gasteiger partial charge in [-0.15, -0.1) is 0 Å². The first kappa shape index (κ1) is 57.5. The van der Waals surface area contributed by atoms with Gasteiger partial charge in [-0.3, -0.25) is 0 Å². The molecular formula is C92H64N6. The largest absolute Gasteiger partial charge is 0.310 e. The van der Waals surface area contributed by atoms with E-state index < -0.39 is 0 Å². The van der Waals surface area contributed by atoms with Crippen LogP contribution in [0.1, 0.15) is 0 Å². The summed E-state index contributed by atoms with van der Waals surface area (Å²) in [4.78, 5) is 9.56. The molecule has 2 aromatic heterocycles. The normalized spacial score (nSPS) is 11.5. The Morgan fingerprint density at radius 3 is 0.561 bits per heavy atom. The third-order valence-electron chi connectivity index (χ3n) is 19.3. The van der Waals surface area contributed by atoms with Gasteiger partial charge in [0.2, 0.25) is 0 Å². The molecule has 2 heterocycles. The topological polar surface area (TPSA) is 22.8 Å². The number of nitrogens with zero attached hydrogens (tertiary/aromatic N) is 6. The maximum Gasteiger partial charge on any atom is 0.0541 e. The summed E-state index contributed by atoms with van der Waals surface area (Å²) in [5.41, 5.74) is 22.2. The minimum atomic E-state index is 1.06. The zero-order valence-corrected chi connectivity index (χ0v) is 53.6. The maximum atomic E-state index is 2.39. The highest BCUT2D eigenvalue weighted by Gasteiger charge is 2.25. The highest BCUT2D eigenvalue weighted by atomic mass is 15.2. The number of fused-ring (bicyclic) bond motifs is 8. The molecule has 0 aliphatic rings. The van der Waals surface area contributed by atoms with Gasteiger partial charge in [0.1, 0.15) is 0 Å². The Balaban J connectivity index is 0.676. The number of para-hydroxylation sites is 8. The van der Waals surface area contributed by atoms with E-state index in [2.05, 4.69) is 417 Å². The first-order chi connectivity index (χ1) is 48.7. The maximum absolute atomic E-state index is 2.39. The van der Waals surface area contributed by atoms with Crippen molar-refractivity contribution in [2.45, 2.75) is 0 Å². The van der Waals surface area contributed by atoms with Crippen molar-refractivity contribution in [2.75, 3.05) is 19.6 Å². The van der Waals surface area contributed by atoms with Crippen molar-refractivity contribution < 1.29 is 0 Å². The summed E-state index contributed by atoms with van der Waals surface area (Å²) in [6.07, 6.45) is 0. The first-order valence-electron chi connectivity index (χ1n) is 33.5. The van der Waals surface area contributed by atoms with E-state index >= 15 is 0 Å². The van der Waals surface area contributed by atoms with Crippen LogP contribution in [-0.2, 0) is 0 Å². The van der Waals surface area contributed by atoms with Gasteiger partial charge in [-0.05, 0) is 181 Å². The lowest BCUT2D eigenvalue weighted by molar-refractivity contribution is 1.17. The van der Waals surface area contributed by atoms with Crippen molar-refractivity contribution in [2.24, 2.45) is 0 Å². The number of aromatic nitrogens is 2. The predicted octanol–water partition coefficient (Wildman–Crippen LogP) is 25.7. The van der Waals surface area contributed by atoms with Crippen LogP contribution < -0.4 is 19.6 Å². The minimum Gasteiger partial charge on any atom is -0.310 e. The third kappa shape index (κ3) is 10.1. The molecule has 0 aliphatic heterocycles. The van der Waals surface area contributed by atoms with E-state index in [1.165, 1.54) is 43.6 Å². The van der Waals surface area contributed by atoms with E-state index in [-0.39, 0.29) is 0 Å². The molecule has 0 unspecified atom stereocenters. The molecule has 0 saturated carbocycles. The zero-order valence-electron chi connectivity index (χ0n) is 53.6. The van der Waals surface area contributed by atoms with Crippen LogP contribution >= 0.6 is 0 Å². The Kier molecular flexibility index (Phi) is 14.5. The van der Waals surface area contributed by atoms with E-state index in [4.69, 9.17) is 0 Å². The van der Waals surface area contributed by atoms with Gasteiger partial charge in [0.25, 0.3) is 0 Å². The number of hydrogen-bond acceptors (Lipinski definition) is 4. The molecule has 0 N–H and O–H groups in total. The van der Waals surface area contributed by atoms with Crippen molar-refractivity contribution in [3.8, 4) is 22.5 Å². The van der Waals surface area contributed by atoms with Crippen LogP contribution in [0.2, 0.25) is 0 Å².